The van der Waals surface area contributed by atoms with Crippen molar-refractivity contribution in [2.75, 3.05) is 0 Å². The average molecular weight is 673 g/mol. The smallest absolute Gasteiger partial charge is 0.0792 e. The van der Waals surface area contributed by atoms with Crippen molar-refractivity contribution in [3.05, 3.63) is 0 Å². The molecule has 4 saturated carbocycles. The molecule has 0 aromatic rings. The van der Waals surface area contributed by atoms with Crippen LogP contribution in [0.15, 0.2) is 0 Å². The summed E-state index contributed by atoms with van der Waals surface area (Å²) in [5, 5.41) is 30.3. The van der Waals surface area contributed by atoms with Crippen LogP contribution in [0.3, 0.4) is 0 Å². The van der Waals surface area contributed by atoms with Crippen LogP contribution in [0.1, 0.15) is 57.8 Å². The maximum atomic E-state index is 7.20. The summed E-state index contributed by atoms with van der Waals surface area (Å²) in [6.07, 6.45) is 10.5. The van der Waals surface area contributed by atoms with Crippen molar-refractivity contribution in [1.82, 2.24) is 42.2 Å². The Morgan fingerprint density at radius 3 is 1.27 bits per heavy atom. The van der Waals surface area contributed by atoms with Crippen molar-refractivity contribution in [2.45, 2.75) is 149 Å². The number of rotatable bonds is 0. The number of hydrazine groups is 1. The normalized spacial score (nSPS) is 61.4. The molecule has 4 aliphatic carbocycles. The molecule has 0 radical (unpaired) electrons. The molecule has 0 aromatic heterocycles. The molecule has 16 heteroatoms. The second-order valence-electron chi connectivity index (χ2n) is 17.4. The molecule has 5 aliphatic heterocycles. The summed E-state index contributed by atoms with van der Waals surface area (Å²) in [5.74, 6) is 9.33. The van der Waals surface area contributed by atoms with Gasteiger partial charge >= 0.3 is 0 Å². The van der Waals surface area contributed by atoms with Gasteiger partial charge in [0.15, 0.2) is 0 Å². The molecule has 23 unspecified atom stereocenters. The third-order valence-electron chi connectivity index (χ3n) is 15.2. The Bertz CT molecular complexity index is 1180. The lowest BCUT2D eigenvalue weighted by Gasteiger charge is -2.47. The highest BCUT2D eigenvalue weighted by Gasteiger charge is 2.60. The minimum absolute atomic E-state index is 0.0146. The van der Waals surface area contributed by atoms with E-state index in [1.807, 2.05) is 0 Å². The molecule has 23 N–H and O–H groups in total. The van der Waals surface area contributed by atoms with Gasteiger partial charge in [-0.2, -0.15) is 0 Å². The lowest BCUT2D eigenvalue weighted by molar-refractivity contribution is 0.0834. The molecule has 0 amide bonds. The van der Waals surface area contributed by atoms with Crippen molar-refractivity contribution in [3.8, 4) is 0 Å². The molecule has 5 heterocycles. The second kappa shape index (κ2) is 12.5. The van der Waals surface area contributed by atoms with Crippen LogP contribution in [0.5, 0.6) is 0 Å². The molecule has 0 aromatic carbocycles. The van der Waals surface area contributed by atoms with E-state index in [1.54, 1.807) is 0 Å². The molecular formula is C32H64N16. The van der Waals surface area contributed by atoms with Crippen molar-refractivity contribution in [1.29, 1.82) is 0 Å². The molecule has 272 valence electrons. The summed E-state index contributed by atoms with van der Waals surface area (Å²) < 4.78 is 0. The van der Waals surface area contributed by atoms with E-state index < -0.39 is 12.1 Å². The van der Waals surface area contributed by atoms with Gasteiger partial charge in [0.25, 0.3) is 0 Å². The Morgan fingerprint density at radius 1 is 0.375 bits per heavy atom. The van der Waals surface area contributed by atoms with E-state index in [0.717, 1.165) is 6.42 Å². The van der Waals surface area contributed by atoms with Crippen molar-refractivity contribution in [2.24, 2.45) is 93.3 Å². The van der Waals surface area contributed by atoms with Crippen LogP contribution in [0.25, 0.3) is 0 Å². The van der Waals surface area contributed by atoms with Gasteiger partial charge in [0.2, 0.25) is 0 Å². The van der Waals surface area contributed by atoms with E-state index >= 15 is 0 Å². The minimum atomic E-state index is -0.405. The summed E-state index contributed by atoms with van der Waals surface area (Å²) in [4.78, 5) is 0. The highest BCUT2D eigenvalue weighted by atomic mass is 15.6. The largest absolute Gasteiger partial charge is 0.326 e. The molecule has 0 spiro atoms. The second-order valence-corrected chi connectivity index (χ2v) is 17.4. The zero-order chi connectivity index (χ0) is 33.2. The molecular weight excluding hydrogens is 608 g/mol. The molecule has 9 rings (SSSR count). The first-order chi connectivity index (χ1) is 23.1. The van der Waals surface area contributed by atoms with E-state index in [1.165, 1.54) is 51.4 Å². The lowest BCUT2D eigenvalue weighted by atomic mass is 9.68. The first-order valence-corrected chi connectivity index (χ1v) is 19.3. The maximum Gasteiger partial charge on any atom is 0.0792 e. The predicted molar refractivity (Wildman–Crippen MR) is 184 cm³/mol. The van der Waals surface area contributed by atoms with E-state index in [0.29, 0.717) is 23.7 Å². The van der Waals surface area contributed by atoms with Gasteiger partial charge in [-0.1, -0.05) is 25.7 Å². The van der Waals surface area contributed by atoms with Gasteiger partial charge < -0.3 is 40.1 Å². The van der Waals surface area contributed by atoms with E-state index in [9.17, 15) is 0 Å². The van der Waals surface area contributed by atoms with Gasteiger partial charge in [0, 0.05) is 60.0 Å². The van der Waals surface area contributed by atoms with E-state index in [4.69, 9.17) is 46.0 Å². The summed E-state index contributed by atoms with van der Waals surface area (Å²) >= 11 is 0. The third kappa shape index (κ3) is 5.02. The van der Waals surface area contributed by atoms with E-state index in [2.05, 4.69) is 42.2 Å². The van der Waals surface area contributed by atoms with Gasteiger partial charge in [0.05, 0.1) is 49.3 Å². The lowest BCUT2D eigenvalue weighted by Crippen LogP contribution is -2.73. The monoisotopic (exact) mass is 673 g/mol. The molecule has 5 saturated heterocycles. The molecule has 23 atom stereocenters. The Labute approximate surface area is 284 Å². The topological polar surface area (TPSA) is 296 Å². The van der Waals surface area contributed by atoms with Gasteiger partial charge in [-0.05, 0) is 61.7 Å². The Hall–Kier alpha value is -0.640. The fraction of sp³-hybridized carbons (Fsp3) is 1.00. The fourth-order valence-corrected chi connectivity index (χ4v) is 12.8. The molecule has 48 heavy (non-hydrogen) atoms. The number of hydrogen-bond acceptors (Lipinski definition) is 16. The van der Waals surface area contributed by atoms with Gasteiger partial charge in [0.1, 0.15) is 0 Å². The summed E-state index contributed by atoms with van der Waals surface area (Å²) in [6, 6.07) is -2.18. The molecule has 8 bridgehead atoms. The summed E-state index contributed by atoms with van der Waals surface area (Å²) in [7, 11) is 0. The highest BCUT2D eigenvalue weighted by molar-refractivity contribution is 5.17. The van der Waals surface area contributed by atoms with Crippen molar-refractivity contribution in [3.63, 3.8) is 0 Å². The van der Waals surface area contributed by atoms with Crippen molar-refractivity contribution >= 4 is 0 Å². The number of fused-ring (bicyclic) bond motifs is 20. The summed E-state index contributed by atoms with van der Waals surface area (Å²) in [6.45, 7) is 0. The van der Waals surface area contributed by atoms with Crippen LogP contribution >= 0.6 is 0 Å². The SMILES string of the molecule is NC1CC2C3NC(NC4NC(NC5NC(NC6C7CCCCC7C(N3)N6N)C3CCCCC53)C3C(N)C(N)C(N)C(N)C43)C2C(N)C1N. The third-order valence-corrected chi connectivity index (χ3v) is 15.2. The Kier molecular flexibility index (Phi) is 8.65. The first kappa shape index (κ1) is 33.2. The molecule has 16 nitrogen and oxygen atoms in total. The van der Waals surface area contributed by atoms with Crippen LogP contribution in [-0.2, 0) is 0 Å². The van der Waals surface area contributed by atoms with Crippen LogP contribution in [0, 0.1) is 47.3 Å². The quantitative estimate of drug-likeness (QED) is 0.107. The summed E-state index contributed by atoms with van der Waals surface area (Å²) in [5.41, 5.74) is 47.7. The average Bonchev–Trinajstić information content (AvgIpc) is 3.79. The predicted octanol–water partition coefficient (Wildman–Crippen LogP) is -5.25. The number of nitrogens with two attached hydrogens (primary N) is 8. The molecule has 9 aliphatic rings. The highest BCUT2D eigenvalue weighted by Crippen LogP contribution is 2.46. The van der Waals surface area contributed by atoms with Crippen LogP contribution in [0.2, 0.25) is 0 Å². The van der Waals surface area contributed by atoms with Gasteiger partial charge in [-0.25, -0.2) is 5.01 Å². The van der Waals surface area contributed by atoms with Crippen LogP contribution in [-0.4, -0.2) is 96.6 Å². The standard InChI is InChI=1S/C32H64N16/c33-15-9-14-16(20(35)19(15)34)28-43-27(14)47-32-13-8-4-3-7-12(13)31(48(32)40)46-26-11-6-2-1-5-10(11)25(41-26)42-29-17-18(30(44-28)45-29)22(37)24(39)23(38)21(17)36/h10-32,41-47H,1-9,33-40H2. The number of nitrogens with one attached hydrogen (secondary N) is 7. The van der Waals surface area contributed by atoms with E-state index in [-0.39, 0.29) is 103 Å². The zero-order valence-electron chi connectivity index (χ0n) is 28.2. The Morgan fingerprint density at radius 2 is 0.750 bits per heavy atom. The zero-order valence-corrected chi connectivity index (χ0v) is 28.2. The number of nitrogens with zero attached hydrogens (tertiary/aromatic N) is 1. The van der Waals surface area contributed by atoms with Crippen LogP contribution < -0.4 is 83.2 Å². The van der Waals surface area contributed by atoms with Gasteiger partial charge in [-0.3, -0.25) is 43.1 Å². The minimum Gasteiger partial charge on any atom is -0.326 e. The van der Waals surface area contributed by atoms with Gasteiger partial charge in [-0.15, -0.1) is 0 Å². The first-order valence-electron chi connectivity index (χ1n) is 19.3. The molecule has 9 fully saturated rings. The maximum absolute atomic E-state index is 7.20. The van der Waals surface area contributed by atoms with Crippen molar-refractivity contribution < 1.29 is 0 Å². The fourth-order valence-electron chi connectivity index (χ4n) is 12.8. The number of hydrogen-bond donors (Lipinski definition) is 15. The Balaban J connectivity index is 1.11. The van der Waals surface area contributed by atoms with Crippen LogP contribution in [0.4, 0.5) is 0 Å².